The number of sulfonamides is 1. The molecule has 3 heterocycles. The first-order valence-electron chi connectivity index (χ1n) is 13.0. The highest BCUT2D eigenvalue weighted by molar-refractivity contribution is 7.89. The number of nitrogens with zero attached hydrogens (tertiary/aromatic N) is 4. The SMILES string of the molecule is NC(N)=NCCC1CC1(NC(=O)CN1CCC2(C[C@H]2NS(=O)(=O)CCc2ccncc2)C1=O)C(=O)c1nccs1. The Labute approximate surface area is 235 Å². The normalized spacial score (nSPS) is 27.0. The maximum Gasteiger partial charge on any atom is 0.240 e. The molecule has 1 saturated heterocycles. The second-order valence-corrected chi connectivity index (χ2v) is 13.4. The summed E-state index contributed by atoms with van der Waals surface area (Å²) in [6.45, 7) is 0.446. The van der Waals surface area contributed by atoms with E-state index in [9.17, 15) is 22.8 Å². The zero-order valence-electron chi connectivity index (χ0n) is 21.8. The lowest BCUT2D eigenvalue weighted by atomic mass is 10.1. The lowest BCUT2D eigenvalue weighted by Gasteiger charge is -2.21. The first-order chi connectivity index (χ1) is 19.0. The van der Waals surface area contributed by atoms with Crippen molar-refractivity contribution < 1.29 is 22.8 Å². The van der Waals surface area contributed by atoms with Gasteiger partial charge in [-0.3, -0.25) is 24.4 Å². The number of aromatic nitrogens is 2. The van der Waals surface area contributed by atoms with Gasteiger partial charge in [0.2, 0.25) is 27.6 Å². The average molecular weight is 589 g/mol. The van der Waals surface area contributed by atoms with Gasteiger partial charge >= 0.3 is 0 Å². The molecule has 0 radical (unpaired) electrons. The van der Waals surface area contributed by atoms with Crippen molar-refractivity contribution in [3.05, 3.63) is 46.7 Å². The van der Waals surface area contributed by atoms with Crippen LogP contribution >= 0.6 is 11.3 Å². The summed E-state index contributed by atoms with van der Waals surface area (Å²) < 4.78 is 28.0. The number of Topliss-reactive ketones (excluding diaryl/α,β-unsaturated/α-hetero) is 1. The topological polar surface area (TPSA) is 203 Å². The van der Waals surface area contributed by atoms with Gasteiger partial charge in [-0.15, -0.1) is 11.3 Å². The summed E-state index contributed by atoms with van der Waals surface area (Å²) in [6.07, 6.45) is 6.89. The van der Waals surface area contributed by atoms with Crippen molar-refractivity contribution in [2.45, 2.75) is 43.7 Å². The summed E-state index contributed by atoms with van der Waals surface area (Å²) in [5, 5.41) is 4.88. The molecule has 3 aliphatic rings. The number of ketones is 1. The van der Waals surface area contributed by atoms with Crippen LogP contribution in [0.4, 0.5) is 0 Å². The lowest BCUT2D eigenvalue weighted by Crippen LogP contribution is -2.49. The maximum absolute atomic E-state index is 13.3. The Kier molecular flexibility index (Phi) is 7.63. The highest BCUT2D eigenvalue weighted by atomic mass is 32.2. The van der Waals surface area contributed by atoms with Gasteiger partial charge in [0.25, 0.3) is 0 Å². The van der Waals surface area contributed by atoms with Gasteiger partial charge in [-0.2, -0.15) is 0 Å². The van der Waals surface area contributed by atoms with Gasteiger partial charge < -0.3 is 21.7 Å². The van der Waals surface area contributed by atoms with Crippen LogP contribution < -0.4 is 21.5 Å². The van der Waals surface area contributed by atoms with Crippen LogP contribution in [-0.4, -0.2) is 83.8 Å². The minimum Gasteiger partial charge on any atom is -0.370 e. The largest absolute Gasteiger partial charge is 0.370 e. The number of nitrogens with one attached hydrogen (secondary N) is 2. The molecule has 13 nitrogen and oxygen atoms in total. The van der Waals surface area contributed by atoms with E-state index in [2.05, 4.69) is 25.0 Å². The minimum atomic E-state index is -3.60. The van der Waals surface area contributed by atoms with Gasteiger partial charge in [-0.25, -0.2) is 18.1 Å². The smallest absolute Gasteiger partial charge is 0.240 e. The first-order valence-corrected chi connectivity index (χ1v) is 15.6. The molecule has 5 rings (SSSR count). The molecule has 15 heteroatoms. The average Bonchev–Trinajstić information content (AvgIpc) is 3.64. The molecule has 2 amide bonds. The number of rotatable bonds is 13. The molecule has 1 spiro atoms. The lowest BCUT2D eigenvalue weighted by molar-refractivity contribution is -0.136. The van der Waals surface area contributed by atoms with Crippen LogP contribution in [0.1, 0.15) is 41.0 Å². The number of carbonyl (C=O) groups is 3. The zero-order valence-corrected chi connectivity index (χ0v) is 23.4. The Bertz CT molecular complexity index is 1410. The van der Waals surface area contributed by atoms with E-state index in [1.807, 2.05) is 0 Å². The molecule has 214 valence electrons. The van der Waals surface area contributed by atoms with Crippen LogP contribution in [0.25, 0.3) is 0 Å². The van der Waals surface area contributed by atoms with Crippen LogP contribution in [-0.2, 0) is 26.0 Å². The van der Waals surface area contributed by atoms with Crippen molar-refractivity contribution in [3.8, 4) is 0 Å². The molecule has 0 aromatic carbocycles. The van der Waals surface area contributed by atoms with E-state index in [1.54, 1.807) is 29.9 Å². The summed E-state index contributed by atoms with van der Waals surface area (Å²) >= 11 is 1.20. The third-order valence-corrected chi connectivity index (χ3v) is 10.1. The molecule has 2 aromatic heterocycles. The first kappa shape index (κ1) is 28.1. The summed E-state index contributed by atoms with van der Waals surface area (Å²) in [5.74, 6) is -1.26. The number of likely N-dealkylation sites (tertiary alicyclic amines) is 1. The summed E-state index contributed by atoms with van der Waals surface area (Å²) in [7, 11) is -3.60. The summed E-state index contributed by atoms with van der Waals surface area (Å²) in [6, 6.07) is 3.04. The number of thiazole rings is 1. The molecule has 2 aliphatic carbocycles. The van der Waals surface area contributed by atoms with Gasteiger partial charge in [-0.05, 0) is 55.7 Å². The second kappa shape index (κ2) is 10.9. The van der Waals surface area contributed by atoms with Crippen molar-refractivity contribution >= 4 is 44.9 Å². The van der Waals surface area contributed by atoms with Gasteiger partial charge in [-0.1, -0.05) is 0 Å². The molecule has 1 aliphatic heterocycles. The van der Waals surface area contributed by atoms with Crippen LogP contribution in [0.15, 0.2) is 41.1 Å². The van der Waals surface area contributed by atoms with Gasteiger partial charge in [0.15, 0.2) is 11.0 Å². The molecule has 40 heavy (non-hydrogen) atoms. The number of hydrogen-bond acceptors (Lipinski definition) is 9. The van der Waals surface area contributed by atoms with Crippen molar-refractivity contribution in [1.82, 2.24) is 24.9 Å². The number of carbonyl (C=O) groups excluding carboxylic acids is 3. The predicted molar refractivity (Wildman–Crippen MR) is 148 cm³/mol. The number of amides is 2. The number of aryl methyl sites for hydroxylation is 1. The van der Waals surface area contributed by atoms with E-state index in [-0.39, 0.29) is 35.9 Å². The van der Waals surface area contributed by atoms with Crippen LogP contribution in [0, 0.1) is 11.3 Å². The molecular formula is C25H32N8O5S2. The highest BCUT2D eigenvalue weighted by Crippen LogP contribution is 2.54. The highest BCUT2D eigenvalue weighted by Gasteiger charge is 2.65. The van der Waals surface area contributed by atoms with E-state index in [0.717, 1.165) is 5.56 Å². The van der Waals surface area contributed by atoms with Crippen LogP contribution in [0.5, 0.6) is 0 Å². The molecule has 4 atom stereocenters. The minimum absolute atomic E-state index is 0.0441. The van der Waals surface area contributed by atoms with Gasteiger partial charge in [0.1, 0.15) is 5.54 Å². The van der Waals surface area contributed by atoms with Crippen molar-refractivity contribution in [2.24, 2.45) is 27.8 Å². The molecule has 6 N–H and O–H groups in total. The fourth-order valence-corrected chi connectivity index (χ4v) is 7.59. The Morgan fingerprint density at radius 2 is 1.98 bits per heavy atom. The molecule has 2 saturated carbocycles. The quantitative estimate of drug-likeness (QED) is 0.134. The van der Waals surface area contributed by atoms with Crippen molar-refractivity contribution in [3.63, 3.8) is 0 Å². The van der Waals surface area contributed by atoms with Crippen LogP contribution in [0.3, 0.4) is 0 Å². The predicted octanol–water partition coefficient (Wildman–Crippen LogP) is -0.588. The monoisotopic (exact) mass is 588 g/mol. The fourth-order valence-electron chi connectivity index (χ4n) is 5.56. The Hall–Kier alpha value is -3.43. The van der Waals surface area contributed by atoms with Crippen molar-refractivity contribution in [2.75, 3.05) is 25.4 Å². The Morgan fingerprint density at radius 3 is 2.67 bits per heavy atom. The molecule has 3 fully saturated rings. The maximum atomic E-state index is 13.3. The van der Waals surface area contributed by atoms with E-state index in [0.29, 0.717) is 50.2 Å². The van der Waals surface area contributed by atoms with Gasteiger partial charge in [0.05, 0.1) is 17.7 Å². The molecule has 0 bridgehead atoms. The van der Waals surface area contributed by atoms with Crippen LogP contribution in [0.2, 0.25) is 0 Å². The summed E-state index contributed by atoms with van der Waals surface area (Å²) in [4.78, 5) is 53.1. The fraction of sp³-hybridized carbons (Fsp3) is 0.520. The standard InChI is InChI=1S/C25H32N8O5S2/c26-23(27)30-8-3-17-13-25(17,20(35)21-29-9-11-39-21)31-19(34)15-33-10-5-24(22(33)36)14-18(24)32-40(37,38)12-4-16-1-6-28-7-2-16/h1-2,6-7,9,11,17-18,32H,3-5,8,10,12-15H2,(H,31,34)(H4,26,27,30)/t17?,18-,24?,25?/m1/s1. The van der Waals surface area contributed by atoms with Crippen molar-refractivity contribution in [1.29, 1.82) is 0 Å². The Morgan fingerprint density at radius 1 is 1.20 bits per heavy atom. The number of pyridine rings is 1. The number of guanidine groups is 1. The second-order valence-electron chi connectivity index (χ2n) is 10.6. The molecular weight excluding hydrogens is 556 g/mol. The third kappa shape index (κ3) is 5.86. The number of aliphatic imine (C=N–C) groups is 1. The summed E-state index contributed by atoms with van der Waals surface area (Å²) in [5.41, 5.74) is 9.74. The number of nitrogens with two attached hydrogens (primary N) is 2. The molecule has 2 aromatic rings. The number of hydrogen-bond donors (Lipinski definition) is 4. The van der Waals surface area contributed by atoms with E-state index in [4.69, 9.17) is 11.5 Å². The van der Waals surface area contributed by atoms with E-state index in [1.165, 1.54) is 22.4 Å². The van der Waals surface area contributed by atoms with E-state index < -0.39 is 32.9 Å². The third-order valence-electron chi connectivity index (χ3n) is 7.95. The Balaban J connectivity index is 1.16. The zero-order chi connectivity index (χ0) is 28.5. The van der Waals surface area contributed by atoms with Gasteiger partial charge in [0, 0.05) is 43.1 Å². The molecule has 3 unspecified atom stereocenters. The van der Waals surface area contributed by atoms with E-state index >= 15 is 0 Å².